The van der Waals surface area contributed by atoms with Crippen molar-refractivity contribution >= 4 is 6.03 Å². The van der Waals surface area contributed by atoms with E-state index in [1.807, 2.05) is 20.8 Å². The second-order valence-electron chi connectivity index (χ2n) is 3.20. The number of nitrogens with zero attached hydrogens (tertiary/aromatic N) is 1. The first-order valence-electron chi connectivity index (χ1n) is 4.88. The molecule has 0 aliphatic rings. The molecule has 13 heavy (non-hydrogen) atoms. The van der Waals surface area contributed by atoms with Crippen LogP contribution in [0.4, 0.5) is 4.79 Å². The van der Waals surface area contributed by atoms with Gasteiger partial charge in [-0.25, -0.2) is 4.79 Å². The molecule has 0 heterocycles. The molecule has 3 N–H and O–H groups in total. The maximum atomic E-state index is 11.4. The van der Waals surface area contributed by atoms with Crippen LogP contribution in [0.15, 0.2) is 0 Å². The van der Waals surface area contributed by atoms with Crippen molar-refractivity contribution in [1.29, 1.82) is 0 Å². The quantitative estimate of drug-likeness (QED) is 0.663. The number of amides is 2. The minimum absolute atomic E-state index is 0.00491. The second kappa shape index (κ2) is 6.71. The topological polar surface area (TPSA) is 58.4 Å². The molecule has 2 amide bonds. The summed E-state index contributed by atoms with van der Waals surface area (Å²) in [5, 5.41) is 2.84. The molecule has 1 atom stereocenters. The molecule has 0 aromatic carbocycles. The van der Waals surface area contributed by atoms with Crippen molar-refractivity contribution in [3.63, 3.8) is 0 Å². The average molecular weight is 187 g/mol. The number of carbonyl (C=O) groups is 1. The van der Waals surface area contributed by atoms with E-state index in [4.69, 9.17) is 5.73 Å². The zero-order valence-corrected chi connectivity index (χ0v) is 8.84. The fourth-order valence-corrected chi connectivity index (χ4v) is 0.967. The van der Waals surface area contributed by atoms with Crippen LogP contribution in [0.3, 0.4) is 0 Å². The van der Waals surface area contributed by atoms with Crippen molar-refractivity contribution in [2.24, 2.45) is 11.7 Å². The fourth-order valence-electron chi connectivity index (χ4n) is 0.967. The lowest BCUT2D eigenvalue weighted by atomic mass is 10.2. The third kappa shape index (κ3) is 4.72. The Morgan fingerprint density at radius 1 is 1.46 bits per heavy atom. The summed E-state index contributed by atoms with van der Waals surface area (Å²) >= 11 is 0. The molecule has 0 rings (SSSR count). The van der Waals surface area contributed by atoms with Gasteiger partial charge in [-0.15, -0.1) is 0 Å². The van der Waals surface area contributed by atoms with Crippen LogP contribution in [-0.4, -0.2) is 37.1 Å². The highest BCUT2D eigenvalue weighted by Crippen LogP contribution is 1.91. The Labute approximate surface area is 80.5 Å². The van der Waals surface area contributed by atoms with E-state index in [0.29, 0.717) is 19.0 Å². The molecule has 0 aliphatic carbocycles. The summed E-state index contributed by atoms with van der Waals surface area (Å²) in [6.07, 6.45) is 0. The number of nitrogens with one attached hydrogen (secondary N) is 1. The highest BCUT2D eigenvalue weighted by Gasteiger charge is 2.09. The average Bonchev–Trinajstić information content (AvgIpc) is 2.16. The predicted molar refractivity (Wildman–Crippen MR) is 54.5 cm³/mol. The maximum absolute atomic E-state index is 11.4. The predicted octanol–water partition coefficient (Wildman–Crippen LogP) is 0.633. The SMILES string of the molecule is CCN(CC)C(=O)NCC(C)CN. The first kappa shape index (κ1) is 12.2. The van der Waals surface area contributed by atoms with Gasteiger partial charge in [0, 0.05) is 19.6 Å². The van der Waals surface area contributed by atoms with Crippen LogP contribution < -0.4 is 11.1 Å². The van der Waals surface area contributed by atoms with Crippen LogP contribution >= 0.6 is 0 Å². The Kier molecular flexibility index (Phi) is 6.32. The van der Waals surface area contributed by atoms with Gasteiger partial charge in [-0.05, 0) is 26.3 Å². The number of hydrogen-bond acceptors (Lipinski definition) is 2. The third-order valence-corrected chi connectivity index (χ3v) is 2.05. The molecule has 4 nitrogen and oxygen atoms in total. The third-order valence-electron chi connectivity index (χ3n) is 2.05. The summed E-state index contributed by atoms with van der Waals surface area (Å²) in [5.41, 5.74) is 5.43. The van der Waals surface area contributed by atoms with E-state index in [0.717, 1.165) is 13.1 Å². The number of rotatable bonds is 5. The second-order valence-corrected chi connectivity index (χ2v) is 3.20. The summed E-state index contributed by atoms with van der Waals surface area (Å²) in [6, 6.07) is 0.00491. The zero-order valence-electron chi connectivity index (χ0n) is 8.84. The highest BCUT2D eigenvalue weighted by molar-refractivity contribution is 5.74. The van der Waals surface area contributed by atoms with Gasteiger partial charge in [-0.1, -0.05) is 6.92 Å². The van der Waals surface area contributed by atoms with Gasteiger partial charge in [0.25, 0.3) is 0 Å². The van der Waals surface area contributed by atoms with Crippen molar-refractivity contribution in [3.05, 3.63) is 0 Å². The maximum Gasteiger partial charge on any atom is 0.317 e. The molecule has 0 aromatic rings. The lowest BCUT2D eigenvalue weighted by Crippen LogP contribution is -2.42. The zero-order chi connectivity index (χ0) is 10.3. The minimum Gasteiger partial charge on any atom is -0.338 e. The van der Waals surface area contributed by atoms with E-state index in [9.17, 15) is 4.79 Å². The molecule has 0 radical (unpaired) electrons. The van der Waals surface area contributed by atoms with Gasteiger partial charge >= 0.3 is 6.03 Å². The van der Waals surface area contributed by atoms with E-state index in [1.165, 1.54) is 0 Å². The molecule has 0 saturated carbocycles. The molecule has 0 aliphatic heterocycles. The van der Waals surface area contributed by atoms with E-state index in [1.54, 1.807) is 4.90 Å². The van der Waals surface area contributed by atoms with Crippen LogP contribution in [0.25, 0.3) is 0 Å². The molecular weight excluding hydrogens is 166 g/mol. The van der Waals surface area contributed by atoms with Crippen molar-refractivity contribution in [1.82, 2.24) is 10.2 Å². The molecule has 0 saturated heterocycles. The molecule has 4 heteroatoms. The smallest absolute Gasteiger partial charge is 0.317 e. The number of urea groups is 1. The van der Waals surface area contributed by atoms with Crippen LogP contribution in [0.5, 0.6) is 0 Å². The fraction of sp³-hybridized carbons (Fsp3) is 0.889. The molecule has 0 aromatic heterocycles. The van der Waals surface area contributed by atoms with Gasteiger partial charge < -0.3 is 16.0 Å². The molecule has 0 fully saturated rings. The normalized spacial score (nSPS) is 12.3. The first-order valence-corrected chi connectivity index (χ1v) is 4.88. The number of carbonyl (C=O) groups excluding carboxylic acids is 1. The van der Waals surface area contributed by atoms with Crippen LogP contribution in [0.2, 0.25) is 0 Å². The molecule has 0 spiro atoms. The molecule has 1 unspecified atom stereocenters. The summed E-state index contributed by atoms with van der Waals surface area (Å²) in [6.45, 7) is 8.72. The lowest BCUT2D eigenvalue weighted by molar-refractivity contribution is 0.202. The Bertz CT molecular complexity index is 146. The molecule has 0 bridgehead atoms. The summed E-state index contributed by atoms with van der Waals surface area (Å²) in [7, 11) is 0. The summed E-state index contributed by atoms with van der Waals surface area (Å²) < 4.78 is 0. The van der Waals surface area contributed by atoms with E-state index in [2.05, 4.69) is 5.32 Å². The van der Waals surface area contributed by atoms with Gasteiger partial charge in [0.1, 0.15) is 0 Å². The van der Waals surface area contributed by atoms with Crippen molar-refractivity contribution in [2.45, 2.75) is 20.8 Å². The monoisotopic (exact) mass is 187 g/mol. The summed E-state index contributed by atoms with van der Waals surface area (Å²) in [5.74, 6) is 0.347. The van der Waals surface area contributed by atoms with Gasteiger partial charge in [0.15, 0.2) is 0 Å². The Morgan fingerprint density at radius 2 is 2.00 bits per heavy atom. The van der Waals surface area contributed by atoms with E-state index >= 15 is 0 Å². The van der Waals surface area contributed by atoms with Crippen LogP contribution in [0.1, 0.15) is 20.8 Å². The minimum atomic E-state index is 0.00491. The van der Waals surface area contributed by atoms with Gasteiger partial charge in [0.05, 0.1) is 0 Å². The van der Waals surface area contributed by atoms with Gasteiger partial charge in [-0.3, -0.25) is 0 Å². The standard InChI is InChI=1S/C9H21N3O/c1-4-12(5-2)9(13)11-7-8(3)6-10/h8H,4-7,10H2,1-3H3,(H,11,13). The molecular formula is C9H21N3O. The Morgan fingerprint density at radius 3 is 2.38 bits per heavy atom. The van der Waals surface area contributed by atoms with Crippen LogP contribution in [-0.2, 0) is 0 Å². The number of nitrogens with two attached hydrogens (primary N) is 1. The Balaban J connectivity index is 3.72. The van der Waals surface area contributed by atoms with Gasteiger partial charge in [-0.2, -0.15) is 0 Å². The van der Waals surface area contributed by atoms with E-state index < -0.39 is 0 Å². The van der Waals surface area contributed by atoms with Crippen molar-refractivity contribution in [2.75, 3.05) is 26.2 Å². The molecule has 78 valence electrons. The Hall–Kier alpha value is -0.770. The lowest BCUT2D eigenvalue weighted by Gasteiger charge is -2.20. The number of hydrogen-bond donors (Lipinski definition) is 2. The summed E-state index contributed by atoms with van der Waals surface area (Å²) in [4.78, 5) is 13.2. The van der Waals surface area contributed by atoms with Crippen LogP contribution in [0, 0.1) is 5.92 Å². The van der Waals surface area contributed by atoms with Crippen molar-refractivity contribution < 1.29 is 4.79 Å². The highest BCUT2D eigenvalue weighted by atomic mass is 16.2. The van der Waals surface area contributed by atoms with E-state index in [-0.39, 0.29) is 6.03 Å². The van der Waals surface area contributed by atoms with Crippen molar-refractivity contribution in [3.8, 4) is 0 Å². The van der Waals surface area contributed by atoms with Gasteiger partial charge in [0.2, 0.25) is 0 Å². The first-order chi connectivity index (χ1) is 6.15. The largest absolute Gasteiger partial charge is 0.338 e.